The first-order valence-electron chi connectivity index (χ1n) is 11.6. The number of rotatable bonds is 5. The number of piperazine rings is 1. The van der Waals surface area contributed by atoms with Crippen molar-refractivity contribution in [3.05, 3.63) is 53.6 Å². The van der Waals surface area contributed by atoms with Gasteiger partial charge in [0, 0.05) is 36.0 Å². The Hall–Kier alpha value is -2.14. The molecule has 1 fully saturated rings. The molecule has 4 nitrogen and oxygen atoms in total. The number of hydrogen-bond acceptors (Lipinski definition) is 4. The molecule has 0 aromatic heterocycles. The van der Waals surface area contributed by atoms with Crippen LogP contribution >= 0.6 is 11.8 Å². The molecule has 1 heterocycles. The summed E-state index contributed by atoms with van der Waals surface area (Å²) < 4.78 is 5.26. The highest BCUT2D eigenvalue weighted by Crippen LogP contribution is 2.37. The quantitative estimate of drug-likeness (QED) is 0.489. The van der Waals surface area contributed by atoms with Crippen LogP contribution in [0.25, 0.3) is 0 Å². The Bertz CT molecular complexity index is 787. The summed E-state index contributed by atoms with van der Waals surface area (Å²) in [6.45, 7) is 17.8. The van der Waals surface area contributed by atoms with Crippen molar-refractivity contribution in [2.75, 3.05) is 37.7 Å². The summed E-state index contributed by atoms with van der Waals surface area (Å²) in [4.78, 5) is 18.8. The molecule has 2 aromatic carbocycles. The minimum atomic E-state index is -0.186. The van der Waals surface area contributed by atoms with E-state index >= 15 is 0 Å². The summed E-state index contributed by atoms with van der Waals surface area (Å²) in [7, 11) is 0. The zero-order valence-corrected chi connectivity index (χ0v) is 21.2. The van der Waals surface area contributed by atoms with E-state index < -0.39 is 0 Å². The number of aryl methyl sites for hydroxylation is 2. The third kappa shape index (κ3) is 8.13. The van der Waals surface area contributed by atoms with Crippen LogP contribution in [0.2, 0.25) is 0 Å². The highest BCUT2D eigenvalue weighted by atomic mass is 32.2. The van der Waals surface area contributed by atoms with Gasteiger partial charge in [-0.3, -0.25) is 0 Å². The Labute approximate surface area is 194 Å². The number of hydrogen-bond donors (Lipinski definition) is 0. The summed E-state index contributed by atoms with van der Waals surface area (Å²) in [5.74, 6) is 0. The van der Waals surface area contributed by atoms with Crippen molar-refractivity contribution in [2.24, 2.45) is 0 Å². The van der Waals surface area contributed by atoms with Crippen molar-refractivity contribution in [3.8, 4) is 0 Å². The minimum Gasteiger partial charge on any atom is -0.449 e. The lowest BCUT2D eigenvalue weighted by Gasteiger charge is -2.36. The van der Waals surface area contributed by atoms with Crippen LogP contribution in [0.4, 0.5) is 10.5 Å². The summed E-state index contributed by atoms with van der Waals surface area (Å²) in [5, 5.41) is 0. The Morgan fingerprint density at radius 3 is 2.19 bits per heavy atom. The molecule has 1 aliphatic heterocycles. The first-order valence-corrected chi connectivity index (χ1v) is 12.4. The molecule has 0 saturated carbocycles. The van der Waals surface area contributed by atoms with Gasteiger partial charge in [-0.2, -0.15) is 0 Å². The zero-order chi connectivity index (χ0) is 23.2. The maximum absolute atomic E-state index is 12.1. The van der Waals surface area contributed by atoms with E-state index in [1.807, 2.05) is 51.3 Å². The molecular formula is C26H40N2O2S. The molecule has 0 atom stereocenters. The molecule has 5 heteroatoms. The van der Waals surface area contributed by atoms with Crippen molar-refractivity contribution in [1.82, 2.24) is 4.90 Å². The maximum atomic E-state index is 12.1. The average Bonchev–Trinajstić information content (AvgIpc) is 2.82. The van der Waals surface area contributed by atoms with Crippen molar-refractivity contribution in [3.63, 3.8) is 0 Å². The average molecular weight is 445 g/mol. The Morgan fingerprint density at radius 1 is 0.935 bits per heavy atom. The van der Waals surface area contributed by atoms with E-state index in [1.165, 1.54) is 26.6 Å². The van der Waals surface area contributed by atoms with Gasteiger partial charge in [0.25, 0.3) is 0 Å². The fourth-order valence-electron chi connectivity index (χ4n) is 3.25. The highest BCUT2D eigenvalue weighted by molar-refractivity contribution is 7.99. The largest absolute Gasteiger partial charge is 0.449 e. The maximum Gasteiger partial charge on any atom is 0.409 e. The third-order valence-electron chi connectivity index (χ3n) is 4.72. The fourth-order valence-corrected chi connectivity index (χ4v) is 4.29. The number of anilines is 1. The standard InChI is InChI=1S/C22H28N2O2S.2C2H6/c1-4-15-26-22(25)24-13-11-23(12-14-24)19-7-5-6-8-21(19)27-20-10-9-17(2)16-18(20)3;2*1-2/h5-10,16H,4,11-15H2,1-3H3;2*1-2H3. The van der Waals surface area contributed by atoms with E-state index in [0.717, 1.165) is 19.5 Å². The Balaban J connectivity index is 0.00000113. The van der Waals surface area contributed by atoms with Crippen molar-refractivity contribution in [1.29, 1.82) is 0 Å². The van der Waals surface area contributed by atoms with Crippen molar-refractivity contribution in [2.45, 2.75) is 64.7 Å². The van der Waals surface area contributed by atoms with Gasteiger partial charge in [-0.1, -0.05) is 76.2 Å². The van der Waals surface area contributed by atoms with E-state index in [2.05, 4.69) is 61.2 Å². The number of benzene rings is 2. The number of carbonyl (C=O) groups excluding carboxylic acids is 1. The summed E-state index contributed by atoms with van der Waals surface area (Å²) >= 11 is 1.81. The molecule has 0 spiro atoms. The predicted octanol–water partition coefficient (Wildman–Crippen LogP) is 7.18. The first-order chi connectivity index (χ1) is 15.1. The second-order valence-electron chi connectivity index (χ2n) is 6.93. The third-order valence-corrected chi connectivity index (χ3v) is 5.97. The summed E-state index contributed by atoms with van der Waals surface area (Å²) in [5.41, 5.74) is 3.83. The van der Waals surface area contributed by atoms with E-state index in [9.17, 15) is 4.79 Å². The second-order valence-corrected chi connectivity index (χ2v) is 8.01. The molecule has 2 aromatic rings. The molecule has 1 saturated heterocycles. The second kappa shape index (κ2) is 14.8. The molecule has 3 rings (SSSR count). The monoisotopic (exact) mass is 444 g/mol. The first kappa shape index (κ1) is 26.9. The molecule has 0 unspecified atom stereocenters. The summed E-state index contributed by atoms with van der Waals surface area (Å²) in [6.07, 6.45) is 0.670. The van der Waals surface area contributed by atoms with Crippen molar-refractivity contribution < 1.29 is 9.53 Å². The van der Waals surface area contributed by atoms with Crippen LogP contribution < -0.4 is 4.90 Å². The van der Waals surface area contributed by atoms with Gasteiger partial charge in [0.2, 0.25) is 0 Å². The molecular weight excluding hydrogens is 404 g/mol. The number of para-hydroxylation sites is 1. The Morgan fingerprint density at radius 2 is 1.58 bits per heavy atom. The van der Waals surface area contributed by atoms with Gasteiger partial charge in [0.15, 0.2) is 0 Å². The van der Waals surface area contributed by atoms with Gasteiger partial charge < -0.3 is 14.5 Å². The van der Waals surface area contributed by atoms with Gasteiger partial charge in [-0.05, 0) is 44.0 Å². The predicted molar refractivity (Wildman–Crippen MR) is 135 cm³/mol. The van der Waals surface area contributed by atoms with E-state index in [4.69, 9.17) is 4.74 Å². The van der Waals surface area contributed by atoms with Crippen LogP contribution in [-0.2, 0) is 4.74 Å². The molecule has 0 N–H and O–H groups in total. The van der Waals surface area contributed by atoms with Gasteiger partial charge in [0.05, 0.1) is 12.3 Å². The van der Waals surface area contributed by atoms with Crippen LogP contribution in [-0.4, -0.2) is 43.8 Å². The van der Waals surface area contributed by atoms with Crippen molar-refractivity contribution >= 4 is 23.5 Å². The SMILES string of the molecule is CC.CC.CCCOC(=O)N1CCN(c2ccccc2Sc2ccc(C)cc2C)CC1. The lowest BCUT2D eigenvalue weighted by atomic mass is 10.2. The van der Waals surface area contributed by atoms with Gasteiger partial charge >= 0.3 is 6.09 Å². The van der Waals surface area contributed by atoms with E-state index in [0.29, 0.717) is 19.7 Å². The van der Waals surface area contributed by atoms with Crippen LogP contribution in [0.1, 0.15) is 52.2 Å². The lowest BCUT2D eigenvalue weighted by molar-refractivity contribution is 0.100. The van der Waals surface area contributed by atoms with Crippen LogP contribution in [0.5, 0.6) is 0 Å². The number of amides is 1. The van der Waals surface area contributed by atoms with E-state index in [-0.39, 0.29) is 6.09 Å². The molecule has 172 valence electrons. The lowest BCUT2D eigenvalue weighted by Crippen LogP contribution is -2.49. The van der Waals surface area contributed by atoms with Crippen LogP contribution in [0.15, 0.2) is 52.3 Å². The van der Waals surface area contributed by atoms with E-state index in [1.54, 1.807) is 0 Å². The molecule has 31 heavy (non-hydrogen) atoms. The molecule has 0 bridgehead atoms. The van der Waals surface area contributed by atoms with Gasteiger partial charge in [-0.25, -0.2) is 4.79 Å². The molecule has 1 amide bonds. The highest BCUT2D eigenvalue weighted by Gasteiger charge is 2.23. The van der Waals surface area contributed by atoms with Gasteiger partial charge in [-0.15, -0.1) is 0 Å². The minimum absolute atomic E-state index is 0.186. The normalized spacial score (nSPS) is 12.9. The summed E-state index contributed by atoms with van der Waals surface area (Å²) in [6, 6.07) is 15.1. The number of carbonyl (C=O) groups is 1. The van der Waals surface area contributed by atoms with Crippen LogP contribution in [0.3, 0.4) is 0 Å². The van der Waals surface area contributed by atoms with Gasteiger partial charge in [0.1, 0.15) is 0 Å². The molecule has 0 radical (unpaired) electrons. The topological polar surface area (TPSA) is 32.8 Å². The van der Waals surface area contributed by atoms with Crippen LogP contribution in [0, 0.1) is 13.8 Å². The zero-order valence-electron chi connectivity index (χ0n) is 20.4. The fraction of sp³-hybridized carbons (Fsp3) is 0.500. The molecule has 0 aliphatic carbocycles. The molecule has 1 aliphatic rings. The Kier molecular flexibility index (Phi) is 12.8. The smallest absolute Gasteiger partial charge is 0.409 e. The number of ether oxygens (including phenoxy) is 1. The number of nitrogens with zero attached hydrogens (tertiary/aromatic N) is 2.